The van der Waals surface area contributed by atoms with Gasteiger partial charge in [-0.15, -0.1) is 11.3 Å². The standard InChI is InChI=1S/C20H19F2NO4S/c1-26-15-10-13-11-18(28-17(13)12-16(15)27-2)20(21,22)9-8-19(24)23(25)14-6-4-3-5-7-14/h3-7,10-12,25H,8-9H2,1-2H3. The predicted molar refractivity (Wildman–Crippen MR) is 104 cm³/mol. The number of thiophene rings is 1. The fourth-order valence-electron chi connectivity index (χ4n) is 2.75. The molecule has 1 heterocycles. The summed E-state index contributed by atoms with van der Waals surface area (Å²) in [5.74, 6) is -3.09. The lowest BCUT2D eigenvalue weighted by Gasteiger charge is -2.18. The Hall–Kier alpha value is -2.71. The first-order valence-electron chi connectivity index (χ1n) is 8.46. The number of rotatable bonds is 7. The van der Waals surface area contributed by atoms with Crippen LogP contribution in [0.15, 0.2) is 48.5 Å². The summed E-state index contributed by atoms with van der Waals surface area (Å²) >= 11 is 0.936. The highest BCUT2D eigenvalue weighted by molar-refractivity contribution is 7.19. The zero-order valence-electron chi connectivity index (χ0n) is 15.3. The Morgan fingerprint density at radius 2 is 1.75 bits per heavy atom. The number of benzene rings is 2. The van der Waals surface area contributed by atoms with Gasteiger partial charge in [-0.25, -0.2) is 8.78 Å². The van der Waals surface area contributed by atoms with E-state index in [1.54, 1.807) is 30.3 Å². The summed E-state index contributed by atoms with van der Waals surface area (Å²) in [5.41, 5.74) is 0.233. The molecule has 3 rings (SSSR count). The van der Waals surface area contributed by atoms with E-state index in [-0.39, 0.29) is 10.6 Å². The average Bonchev–Trinajstić information content (AvgIpc) is 3.15. The van der Waals surface area contributed by atoms with Crippen LogP contribution in [0.3, 0.4) is 0 Å². The second-order valence-electron chi connectivity index (χ2n) is 6.10. The molecule has 1 aromatic heterocycles. The Kier molecular flexibility index (Phi) is 5.81. The molecule has 2 aromatic carbocycles. The molecule has 0 atom stereocenters. The van der Waals surface area contributed by atoms with Gasteiger partial charge in [-0.2, -0.15) is 5.06 Å². The van der Waals surface area contributed by atoms with Crippen LogP contribution in [0.25, 0.3) is 10.1 Å². The minimum Gasteiger partial charge on any atom is -0.493 e. The molecule has 148 valence electrons. The third kappa shape index (κ3) is 4.07. The number of hydrogen-bond donors (Lipinski definition) is 1. The van der Waals surface area contributed by atoms with Crippen molar-refractivity contribution in [2.24, 2.45) is 0 Å². The minimum absolute atomic E-state index is 0.158. The predicted octanol–water partition coefficient (Wildman–Crippen LogP) is 5.21. The largest absolute Gasteiger partial charge is 0.493 e. The molecular weight excluding hydrogens is 388 g/mol. The Morgan fingerprint density at radius 1 is 1.11 bits per heavy atom. The van der Waals surface area contributed by atoms with Gasteiger partial charge in [-0.1, -0.05) is 18.2 Å². The van der Waals surface area contributed by atoms with Crippen molar-refractivity contribution in [3.05, 3.63) is 53.4 Å². The van der Waals surface area contributed by atoms with Crippen molar-refractivity contribution >= 4 is 33.0 Å². The molecule has 0 aliphatic carbocycles. The lowest BCUT2D eigenvalue weighted by Crippen LogP contribution is -2.28. The van der Waals surface area contributed by atoms with Gasteiger partial charge in [-0.05, 0) is 29.7 Å². The minimum atomic E-state index is -3.21. The zero-order valence-corrected chi connectivity index (χ0v) is 16.1. The average molecular weight is 407 g/mol. The number of halogens is 2. The Bertz CT molecular complexity index is 934. The number of alkyl halides is 2. The van der Waals surface area contributed by atoms with Crippen LogP contribution in [0.1, 0.15) is 17.7 Å². The lowest BCUT2D eigenvalue weighted by molar-refractivity contribution is -0.125. The molecule has 0 saturated carbocycles. The van der Waals surface area contributed by atoms with E-state index in [2.05, 4.69) is 0 Å². The van der Waals surface area contributed by atoms with Crippen LogP contribution in [0.4, 0.5) is 14.5 Å². The van der Waals surface area contributed by atoms with E-state index in [1.807, 2.05) is 0 Å². The van der Waals surface area contributed by atoms with Crippen LogP contribution < -0.4 is 14.5 Å². The van der Waals surface area contributed by atoms with Gasteiger partial charge in [0.2, 0.25) is 0 Å². The van der Waals surface area contributed by atoms with Crippen LogP contribution in [-0.2, 0) is 10.7 Å². The summed E-state index contributed by atoms with van der Waals surface area (Å²) in [6, 6.07) is 12.7. The molecule has 1 amide bonds. The number of para-hydroxylation sites is 1. The van der Waals surface area contributed by atoms with Gasteiger partial charge in [0.25, 0.3) is 11.8 Å². The Morgan fingerprint density at radius 3 is 2.39 bits per heavy atom. The second-order valence-corrected chi connectivity index (χ2v) is 7.18. The molecule has 0 bridgehead atoms. The molecule has 1 N–H and O–H groups in total. The first-order chi connectivity index (χ1) is 13.4. The summed E-state index contributed by atoms with van der Waals surface area (Å²) < 4.78 is 40.4. The van der Waals surface area contributed by atoms with Gasteiger partial charge in [0.05, 0.1) is 24.8 Å². The van der Waals surface area contributed by atoms with Gasteiger partial charge >= 0.3 is 0 Å². The van der Waals surface area contributed by atoms with E-state index in [4.69, 9.17) is 9.47 Å². The molecule has 0 fully saturated rings. The molecule has 0 radical (unpaired) electrons. The third-order valence-electron chi connectivity index (χ3n) is 4.27. The molecule has 28 heavy (non-hydrogen) atoms. The topological polar surface area (TPSA) is 59.0 Å². The third-order valence-corrected chi connectivity index (χ3v) is 5.48. The van der Waals surface area contributed by atoms with Crippen molar-refractivity contribution in [3.8, 4) is 11.5 Å². The molecule has 8 heteroatoms. The van der Waals surface area contributed by atoms with E-state index < -0.39 is 24.7 Å². The first-order valence-corrected chi connectivity index (χ1v) is 9.28. The highest BCUT2D eigenvalue weighted by atomic mass is 32.1. The van der Waals surface area contributed by atoms with Crippen LogP contribution >= 0.6 is 11.3 Å². The summed E-state index contributed by atoms with van der Waals surface area (Å²) in [6.07, 6.45) is -1.21. The number of anilines is 1. The van der Waals surface area contributed by atoms with Crippen molar-refractivity contribution in [3.63, 3.8) is 0 Å². The van der Waals surface area contributed by atoms with E-state index >= 15 is 0 Å². The summed E-state index contributed by atoms with van der Waals surface area (Å²) in [5, 5.41) is 10.9. The van der Waals surface area contributed by atoms with Crippen molar-refractivity contribution in [1.82, 2.24) is 0 Å². The smallest absolute Gasteiger partial charge is 0.282 e. The fraction of sp³-hybridized carbons (Fsp3) is 0.250. The number of methoxy groups -OCH3 is 2. The summed E-state index contributed by atoms with van der Waals surface area (Å²) in [4.78, 5) is 11.9. The molecule has 0 aliphatic heterocycles. The fourth-order valence-corrected chi connectivity index (χ4v) is 3.83. The molecule has 5 nitrogen and oxygen atoms in total. The van der Waals surface area contributed by atoms with E-state index in [0.717, 1.165) is 11.3 Å². The van der Waals surface area contributed by atoms with Crippen LogP contribution in [0, 0.1) is 0 Å². The van der Waals surface area contributed by atoms with Gasteiger partial charge in [0, 0.05) is 23.6 Å². The van der Waals surface area contributed by atoms with E-state index in [0.29, 0.717) is 26.6 Å². The summed E-state index contributed by atoms with van der Waals surface area (Å²) in [6.45, 7) is 0. The quantitative estimate of drug-likeness (QED) is 0.431. The lowest BCUT2D eigenvalue weighted by atomic mass is 10.1. The molecule has 0 aliphatic rings. The highest BCUT2D eigenvalue weighted by Crippen LogP contribution is 2.43. The number of nitrogens with zero attached hydrogens (tertiary/aromatic N) is 1. The number of hydroxylamine groups is 1. The van der Waals surface area contributed by atoms with Gasteiger partial charge in [-0.3, -0.25) is 10.0 Å². The maximum absolute atomic E-state index is 14.7. The van der Waals surface area contributed by atoms with Crippen LogP contribution in [0.2, 0.25) is 0 Å². The SMILES string of the molecule is COc1cc2cc(C(F)(F)CCC(=O)N(O)c3ccccc3)sc2cc1OC. The molecule has 0 saturated heterocycles. The normalized spacial score (nSPS) is 11.5. The van der Waals surface area contributed by atoms with Crippen LogP contribution in [-0.4, -0.2) is 25.3 Å². The van der Waals surface area contributed by atoms with Gasteiger partial charge in [0.15, 0.2) is 11.5 Å². The Balaban J connectivity index is 1.76. The number of amides is 1. The monoisotopic (exact) mass is 407 g/mol. The second kappa shape index (κ2) is 8.12. The number of hydrogen-bond acceptors (Lipinski definition) is 5. The van der Waals surface area contributed by atoms with Crippen LogP contribution in [0.5, 0.6) is 11.5 Å². The van der Waals surface area contributed by atoms with E-state index in [9.17, 15) is 18.8 Å². The maximum Gasteiger partial charge on any atom is 0.282 e. The number of carbonyl (C=O) groups is 1. The molecule has 0 spiro atoms. The van der Waals surface area contributed by atoms with Crippen molar-refractivity contribution in [2.75, 3.05) is 19.3 Å². The van der Waals surface area contributed by atoms with E-state index in [1.165, 1.54) is 32.4 Å². The molecule has 0 unspecified atom stereocenters. The van der Waals surface area contributed by atoms with Crippen molar-refractivity contribution < 1.29 is 28.3 Å². The summed E-state index contributed by atoms with van der Waals surface area (Å²) in [7, 11) is 2.95. The van der Waals surface area contributed by atoms with Crippen molar-refractivity contribution in [2.45, 2.75) is 18.8 Å². The molecular formula is C20H19F2NO4S. The number of ether oxygens (including phenoxy) is 2. The number of carbonyl (C=O) groups excluding carboxylic acids is 1. The van der Waals surface area contributed by atoms with Gasteiger partial charge in [0.1, 0.15) is 0 Å². The number of fused-ring (bicyclic) bond motifs is 1. The molecule has 3 aromatic rings. The van der Waals surface area contributed by atoms with Crippen molar-refractivity contribution in [1.29, 1.82) is 0 Å². The van der Waals surface area contributed by atoms with Gasteiger partial charge < -0.3 is 9.47 Å². The first kappa shape index (κ1) is 20.0. The highest BCUT2D eigenvalue weighted by Gasteiger charge is 2.35. The Labute approximate surface area is 164 Å². The maximum atomic E-state index is 14.7. The zero-order chi connectivity index (χ0) is 20.3.